The highest BCUT2D eigenvalue weighted by Crippen LogP contribution is 2.38. The van der Waals surface area contributed by atoms with Gasteiger partial charge in [-0.3, -0.25) is 4.79 Å². The minimum absolute atomic E-state index is 0.251. The summed E-state index contributed by atoms with van der Waals surface area (Å²) in [6.45, 7) is 1.73. The topological polar surface area (TPSA) is 52.6 Å². The molecule has 0 amide bonds. The standard InChI is InChI=1S/C19H15FO4S/c1-2-23-19(22)18-17(14-5-3-4-6-16(14)25-18)24-11-15(21)12-7-9-13(20)10-8-12/h3-10H,2,11H2,1H3. The van der Waals surface area contributed by atoms with Crippen molar-refractivity contribution in [3.8, 4) is 5.75 Å². The van der Waals surface area contributed by atoms with E-state index in [0.717, 1.165) is 10.1 Å². The van der Waals surface area contributed by atoms with E-state index in [2.05, 4.69) is 0 Å². The third kappa shape index (κ3) is 3.69. The van der Waals surface area contributed by atoms with E-state index in [1.165, 1.54) is 35.6 Å². The number of fused-ring (bicyclic) bond motifs is 1. The van der Waals surface area contributed by atoms with Crippen LogP contribution in [0.5, 0.6) is 5.75 Å². The van der Waals surface area contributed by atoms with Crippen molar-refractivity contribution in [3.63, 3.8) is 0 Å². The van der Waals surface area contributed by atoms with Gasteiger partial charge in [0.1, 0.15) is 5.82 Å². The summed E-state index contributed by atoms with van der Waals surface area (Å²) in [7, 11) is 0. The average molecular weight is 358 g/mol. The summed E-state index contributed by atoms with van der Waals surface area (Å²) in [5, 5.41) is 0.752. The van der Waals surface area contributed by atoms with Crippen LogP contribution in [-0.4, -0.2) is 25.0 Å². The number of thiophene rings is 1. The third-order valence-electron chi connectivity index (χ3n) is 3.52. The molecule has 128 valence electrons. The first-order valence-corrected chi connectivity index (χ1v) is 8.52. The zero-order valence-corrected chi connectivity index (χ0v) is 14.3. The fourth-order valence-corrected chi connectivity index (χ4v) is 3.39. The maximum absolute atomic E-state index is 13.0. The molecule has 1 heterocycles. The predicted molar refractivity (Wildman–Crippen MR) is 94.0 cm³/mol. The summed E-state index contributed by atoms with van der Waals surface area (Å²) < 4.78 is 24.6. The van der Waals surface area contributed by atoms with Crippen molar-refractivity contribution in [1.29, 1.82) is 0 Å². The lowest BCUT2D eigenvalue weighted by atomic mass is 10.1. The van der Waals surface area contributed by atoms with Crippen molar-refractivity contribution < 1.29 is 23.5 Å². The Balaban J connectivity index is 1.86. The number of rotatable bonds is 6. The van der Waals surface area contributed by atoms with Gasteiger partial charge in [0, 0.05) is 15.6 Å². The lowest BCUT2D eigenvalue weighted by Crippen LogP contribution is -2.13. The Morgan fingerprint density at radius 2 is 1.80 bits per heavy atom. The predicted octanol–water partition coefficient (Wildman–Crippen LogP) is 4.48. The van der Waals surface area contributed by atoms with Crippen LogP contribution in [0, 0.1) is 5.82 Å². The molecular weight excluding hydrogens is 343 g/mol. The van der Waals surface area contributed by atoms with Crippen molar-refractivity contribution >= 4 is 33.2 Å². The molecule has 0 aliphatic rings. The number of Topliss-reactive ketones (excluding diaryl/α,β-unsaturated/α-hetero) is 1. The van der Waals surface area contributed by atoms with Gasteiger partial charge in [0.15, 0.2) is 23.0 Å². The Hall–Kier alpha value is -2.73. The first-order chi connectivity index (χ1) is 12.1. The van der Waals surface area contributed by atoms with Gasteiger partial charge < -0.3 is 9.47 Å². The average Bonchev–Trinajstić information content (AvgIpc) is 2.99. The third-order valence-corrected chi connectivity index (χ3v) is 4.66. The van der Waals surface area contributed by atoms with Crippen molar-refractivity contribution in [2.24, 2.45) is 0 Å². The Morgan fingerprint density at radius 3 is 2.52 bits per heavy atom. The molecule has 0 fully saturated rings. The first kappa shape index (κ1) is 17.1. The van der Waals surface area contributed by atoms with Crippen LogP contribution in [0.4, 0.5) is 4.39 Å². The summed E-state index contributed by atoms with van der Waals surface area (Å²) in [4.78, 5) is 24.7. The number of hydrogen-bond acceptors (Lipinski definition) is 5. The molecule has 0 aliphatic heterocycles. The number of carbonyl (C=O) groups excluding carboxylic acids is 2. The molecule has 0 aliphatic carbocycles. The van der Waals surface area contributed by atoms with E-state index >= 15 is 0 Å². The summed E-state index contributed by atoms with van der Waals surface area (Å²) in [6.07, 6.45) is 0. The quantitative estimate of drug-likeness (QED) is 0.482. The second-order valence-electron chi connectivity index (χ2n) is 5.20. The summed E-state index contributed by atoms with van der Waals surface area (Å²) in [5.74, 6) is -0.849. The minimum Gasteiger partial charge on any atom is -0.483 e. The van der Waals surface area contributed by atoms with Gasteiger partial charge in [0.05, 0.1) is 6.61 Å². The van der Waals surface area contributed by atoms with Crippen LogP contribution in [0.25, 0.3) is 10.1 Å². The summed E-state index contributed by atoms with van der Waals surface area (Å²) >= 11 is 1.26. The molecule has 0 unspecified atom stereocenters. The minimum atomic E-state index is -0.479. The molecule has 4 nitrogen and oxygen atoms in total. The SMILES string of the molecule is CCOC(=O)c1sc2ccccc2c1OCC(=O)c1ccc(F)cc1. The molecule has 0 saturated carbocycles. The van der Waals surface area contributed by atoms with Crippen LogP contribution in [0.15, 0.2) is 48.5 Å². The van der Waals surface area contributed by atoms with E-state index < -0.39 is 11.8 Å². The lowest BCUT2D eigenvalue weighted by molar-refractivity contribution is 0.0526. The smallest absolute Gasteiger partial charge is 0.352 e. The van der Waals surface area contributed by atoms with Gasteiger partial charge in [0.2, 0.25) is 0 Å². The molecule has 0 saturated heterocycles. The maximum atomic E-state index is 13.0. The van der Waals surface area contributed by atoms with Gasteiger partial charge in [-0.2, -0.15) is 0 Å². The van der Waals surface area contributed by atoms with E-state index in [-0.39, 0.29) is 19.0 Å². The highest BCUT2D eigenvalue weighted by atomic mass is 32.1. The van der Waals surface area contributed by atoms with Crippen molar-refractivity contribution in [1.82, 2.24) is 0 Å². The highest BCUT2D eigenvalue weighted by Gasteiger charge is 2.21. The molecule has 3 aromatic rings. The zero-order valence-electron chi connectivity index (χ0n) is 13.5. The molecule has 1 aromatic heterocycles. The first-order valence-electron chi connectivity index (χ1n) is 7.70. The normalized spacial score (nSPS) is 10.6. The highest BCUT2D eigenvalue weighted by molar-refractivity contribution is 7.21. The molecule has 0 radical (unpaired) electrons. The molecule has 2 aromatic carbocycles. The molecule has 3 rings (SSSR count). The van der Waals surface area contributed by atoms with Crippen molar-refractivity contribution in [2.45, 2.75) is 6.92 Å². The van der Waals surface area contributed by atoms with E-state index in [9.17, 15) is 14.0 Å². The molecule has 25 heavy (non-hydrogen) atoms. The number of benzene rings is 2. The second kappa shape index (κ2) is 7.44. The Kier molecular flexibility index (Phi) is 5.09. The van der Waals surface area contributed by atoms with Crippen molar-refractivity contribution in [3.05, 3.63) is 64.8 Å². The number of esters is 1. The monoisotopic (exact) mass is 358 g/mol. The lowest BCUT2D eigenvalue weighted by Gasteiger charge is -2.07. The summed E-state index contributed by atoms with van der Waals surface area (Å²) in [6, 6.07) is 12.6. The molecule has 0 bridgehead atoms. The van der Waals surface area contributed by atoms with Gasteiger partial charge in [-0.15, -0.1) is 11.3 Å². The van der Waals surface area contributed by atoms with Crippen LogP contribution in [0.1, 0.15) is 27.0 Å². The van der Waals surface area contributed by atoms with Crippen LogP contribution in [0.2, 0.25) is 0 Å². The van der Waals surface area contributed by atoms with Gasteiger partial charge in [-0.05, 0) is 43.3 Å². The van der Waals surface area contributed by atoms with Crippen LogP contribution in [0.3, 0.4) is 0 Å². The fraction of sp³-hybridized carbons (Fsp3) is 0.158. The summed E-state index contributed by atoms with van der Waals surface area (Å²) in [5.41, 5.74) is 0.346. The Morgan fingerprint density at radius 1 is 1.08 bits per heavy atom. The number of carbonyl (C=O) groups is 2. The molecule has 0 N–H and O–H groups in total. The molecule has 6 heteroatoms. The van der Waals surface area contributed by atoms with Gasteiger partial charge in [-0.25, -0.2) is 9.18 Å². The molecular formula is C19H15FO4S. The maximum Gasteiger partial charge on any atom is 0.352 e. The Bertz CT molecular complexity index is 915. The fourth-order valence-electron chi connectivity index (χ4n) is 2.35. The van der Waals surface area contributed by atoms with E-state index in [1.807, 2.05) is 24.3 Å². The van der Waals surface area contributed by atoms with Crippen LogP contribution < -0.4 is 4.74 Å². The van der Waals surface area contributed by atoms with Crippen LogP contribution in [-0.2, 0) is 4.74 Å². The Labute approximate surface area is 147 Å². The largest absolute Gasteiger partial charge is 0.483 e. The van der Waals surface area contributed by atoms with Crippen molar-refractivity contribution in [2.75, 3.05) is 13.2 Å². The van der Waals surface area contributed by atoms with Gasteiger partial charge in [0.25, 0.3) is 0 Å². The van der Waals surface area contributed by atoms with Gasteiger partial charge >= 0.3 is 5.97 Å². The van der Waals surface area contributed by atoms with E-state index in [0.29, 0.717) is 16.2 Å². The number of ketones is 1. The number of hydrogen-bond donors (Lipinski definition) is 0. The van der Waals surface area contributed by atoms with E-state index in [4.69, 9.17) is 9.47 Å². The second-order valence-corrected chi connectivity index (χ2v) is 6.25. The molecule has 0 atom stereocenters. The van der Waals surface area contributed by atoms with Gasteiger partial charge in [-0.1, -0.05) is 12.1 Å². The van der Waals surface area contributed by atoms with Crippen LogP contribution >= 0.6 is 11.3 Å². The zero-order chi connectivity index (χ0) is 17.8. The number of ether oxygens (including phenoxy) is 2. The van der Waals surface area contributed by atoms with E-state index in [1.54, 1.807) is 6.92 Å². The number of halogens is 1. The molecule has 0 spiro atoms.